The minimum absolute atomic E-state index is 0.0384. The number of thioether (sulfide) groups is 1. The number of benzene rings is 1. The van der Waals surface area contributed by atoms with Gasteiger partial charge in [0.1, 0.15) is 0 Å². The van der Waals surface area contributed by atoms with Crippen molar-refractivity contribution in [1.82, 2.24) is 5.32 Å². The standard InChI is InChI=1S/C11H16N2OS/c1-8-5-6-9(15-11(14)12-2)7-10(8)13(3)4/h5-7H,1-4H3,(H,12,14). The fourth-order valence-corrected chi connectivity index (χ4v) is 1.92. The van der Waals surface area contributed by atoms with Crippen molar-refractivity contribution >= 4 is 22.7 Å². The van der Waals surface area contributed by atoms with Gasteiger partial charge in [-0.15, -0.1) is 0 Å². The van der Waals surface area contributed by atoms with Crippen LogP contribution in [0, 0.1) is 6.92 Å². The summed E-state index contributed by atoms with van der Waals surface area (Å²) in [7, 11) is 5.63. The highest BCUT2D eigenvalue weighted by Crippen LogP contribution is 2.26. The lowest BCUT2D eigenvalue weighted by atomic mass is 10.2. The van der Waals surface area contributed by atoms with E-state index in [-0.39, 0.29) is 5.24 Å². The molecule has 0 saturated carbocycles. The van der Waals surface area contributed by atoms with E-state index in [4.69, 9.17) is 0 Å². The van der Waals surface area contributed by atoms with Crippen molar-refractivity contribution in [2.75, 3.05) is 26.0 Å². The van der Waals surface area contributed by atoms with E-state index in [1.807, 2.05) is 37.2 Å². The summed E-state index contributed by atoms with van der Waals surface area (Å²) < 4.78 is 0. The minimum atomic E-state index is -0.0384. The Hall–Kier alpha value is -1.16. The van der Waals surface area contributed by atoms with Gasteiger partial charge in [-0.1, -0.05) is 6.07 Å². The van der Waals surface area contributed by atoms with Crippen molar-refractivity contribution in [3.05, 3.63) is 23.8 Å². The number of nitrogens with one attached hydrogen (secondary N) is 1. The molecule has 0 aliphatic carbocycles. The van der Waals surface area contributed by atoms with Crippen LogP contribution in [0.15, 0.2) is 23.1 Å². The number of amides is 1. The number of rotatable bonds is 2. The highest BCUT2D eigenvalue weighted by molar-refractivity contribution is 8.13. The van der Waals surface area contributed by atoms with Gasteiger partial charge in [0.15, 0.2) is 0 Å². The zero-order chi connectivity index (χ0) is 11.4. The van der Waals surface area contributed by atoms with Crippen molar-refractivity contribution in [2.24, 2.45) is 0 Å². The van der Waals surface area contributed by atoms with E-state index in [1.54, 1.807) is 7.05 Å². The molecule has 0 spiro atoms. The van der Waals surface area contributed by atoms with E-state index >= 15 is 0 Å². The van der Waals surface area contributed by atoms with Crippen LogP contribution < -0.4 is 10.2 Å². The average Bonchev–Trinajstić information content (AvgIpc) is 2.20. The first-order valence-corrected chi connectivity index (χ1v) is 5.53. The normalized spacial score (nSPS) is 9.87. The Balaban J connectivity index is 2.92. The van der Waals surface area contributed by atoms with Crippen LogP contribution in [0.5, 0.6) is 0 Å². The number of anilines is 1. The van der Waals surface area contributed by atoms with Crippen molar-refractivity contribution < 1.29 is 4.79 Å². The molecule has 1 rings (SSSR count). The van der Waals surface area contributed by atoms with Crippen LogP contribution in [0.3, 0.4) is 0 Å². The third-order valence-electron chi connectivity index (χ3n) is 2.08. The second-order valence-corrected chi connectivity index (χ2v) is 4.53. The van der Waals surface area contributed by atoms with E-state index in [1.165, 1.54) is 17.3 Å². The Bertz CT molecular complexity index is 364. The lowest BCUT2D eigenvalue weighted by Gasteiger charge is -2.16. The molecule has 82 valence electrons. The molecule has 0 bridgehead atoms. The van der Waals surface area contributed by atoms with E-state index in [0.717, 1.165) is 10.6 Å². The molecule has 1 N–H and O–H groups in total. The molecule has 0 saturated heterocycles. The summed E-state index contributed by atoms with van der Waals surface area (Å²) in [6.07, 6.45) is 0. The predicted octanol–water partition coefficient (Wildman–Crippen LogP) is 2.49. The summed E-state index contributed by atoms with van der Waals surface area (Å²) in [4.78, 5) is 14.2. The van der Waals surface area contributed by atoms with Crippen LogP contribution in [-0.4, -0.2) is 26.4 Å². The molecule has 4 heteroatoms. The van der Waals surface area contributed by atoms with Crippen molar-refractivity contribution in [3.63, 3.8) is 0 Å². The first-order chi connectivity index (χ1) is 7.04. The summed E-state index contributed by atoms with van der Waals surface area (Å²) >= 11 is 1.21. The average molecular weight is 224 g/mol. The minimum Gasteiger partial charge on any atom is -0.377 e. The molecule has 3 nitrogen and oxygen atoms in total. The van der Waals surface area contributed by atoms with Gasteiger partial charge in [0.25, 0.3) is 5.24 Å². The summed E-state index contributed by atoms with van der Waals surface area (Å²) in [5.41, 5.74) is 2.35. The van der Waals surface area contributed by atoms with Crippen molar-refractivity contribution in [2.45, 2.75) is 11.8 Å². The molecule has 1 aromatic carbocycles. The first-order valence-electron chi connectivity index (χ1n) is 4.72. The molecule has 0 aliphatic rings. The van der Waals surface area contributed by atoms with Gasteiger partial charge in [0.05, 0.1) is 0 Å². The zero-order valence-electron chi connectivity index (χ0n) is 9.50. The summed E-state index contributed by atoms with van der Waals surface area (Å²) in [6, 6.07) is 6.01. The van der Waals surface area contributed by atoms with Crippen LogP contribution in [-0.2, 0) is 0 Å². The third kappa shape index (κ3) is 3.16. The Labute approximate surface area is 94.9 Å². The topological polar surface area (TPSA) is 32.3 Å². The highest BCUT2D eigenvalue weighted by atomic mass is 32.2. The number of hydrogen-bond acceptors (Lipinski definition) is 3. The molecule has 0 heterocycles. The molecule has 1 aromatic rings. The van der Waals surface area contributed by atoms with Crippen LogP contribution in [0.2, 0.25) is 0 Å². The van der Waals surface area contributed by atoms with Gasteiger partial charge in [0, 0.05) is 31.7 Å². The fraction of sp³-hybridized carbons (Fsp3) is 0.364. The summed E-state index contributed by atoms with van der Waals surface area (Å²) in [5.74, 6) is 0. The van der Waals surface area contributed by atoms with Gasteiger partial charge in [-0.25, -0.2) is 0 Å². The zero-order valence-corrected chi connectivity index (χ0v) is 10.3. The van der Waals surface area contributed by atoms with E-state index in [0.29, 0.717) is 0 Å². The first kappa shape index (κ1) is 11.9. The maximum absolute atomic E-state index is 11.2. The fourth-order valence-electron chi connectivity index (χ4n) is 1.29. The quantitative estimate of drug-likeness (QED) is 0.783. The summed E-state index contributed by atoms with van der Waals surface area (Å²) in [5, 5.41) is 2.55. The Morgan fingerprint density at radius 2 is 2.07 bits per heavy atom. The Morgan fingerprint density at radius 1 is 1.40 bits per heavy atom. The maximum atomic E-state index is 11.2. The van der Waals surface area contributed by atoms with Gasteiger partial charge >= 0.3 is 0 Å². The van der Waals surface area contributed by atoms with Crippen LogP contribution >= 0.6 is 11.8 Å². The maximum Gasteiger partial charge on any atom is 0.283 e. The molecular weight excluding hydrogens is 208 g/mol. The third-order valence-corrected chi connectivity index (χ3v) is 2.96. The van der Waals surface area contributed by atoms with Crippen LogP contribution in [0.25, 0.3) is 0 Å². The molecule has 0 aromatic heterocycles. The monoisotopic (exact) mass is 224 g/mol. The Morgan fingerprint density at radius 3 is 2.60 bits per heavy atom. The molecule has 0 unspecified atom stereocenters. The summed E-state index contributed by atoms with van der Waals surface area (Å²) in [6.45, 7) is 2.06. The molecule has 0 atom stereocenters. The van der Waals surface area contributed by atoms with E-state index in [2.05, 4.69) is 12.2 Å². The van der Waals surface area contributed by atoms with Crippen LogP contribution in [0.4, 0.5) is 10.5 Å². The number of aryl methyl sites for hydroxylation is 1. The van der Waals surface area contributed by atoms with Gasteiger partial charge in [0.2, 0.25) is 0 Å². The lowest BCUT2D eigenvalue weighted by molar-refractivity contribution is 0.262. The van der Waals surface area contributed by atoms with E-state index < -0.39 is 0 Å². The number of hydrogen-bond donors (Lipinski definition) is 1. The number of carbonyl (C=O) groups is 1. The SMILES string of the molecule is CNC(=O)Sc1ccc(C)c(N(C)C)c1. The van der Waals surface area contributed by atoms with E-state index in [9.17, 15) is 4.79 Å². The second kappa shape index (κ2) is 5.07. The second-order valence-electron chi connectivity index (χ2n) is 3.48. The largest absolute Gasteiger partial charge is 0.377 e. The predicted molar refractivity (Wildman–Crippen MR) is 65.8 cm³/mol. The molecular formula is C11H16N2OS. The molecule has 1 amide bonds. The van der Waals surface area contributed by atoms with Gasteiger partial charge in [-0.3, -0.25) is 4.79 Å². The number of nitrogens with zero attached hydrogens (tertiary/aromatic N) is 1. The molecule has 0 radical (unpaired) electrons. The van der Waals surface area contributed by atoms with Gasteiger partial charge in [-0.05, 0) is 36.4 Å². The Kier molecular flexibility index (Phi) is 4.03. The lowest BCUT2D eigenvalue weighted by Crippen LogP contribution is -2.12. The van der Waals surface area contributed by atoms with Crippen LogP contribution in [0.1, 0.15) is 5.56 Å². The molecule has 0 fully saturated rings. The molecule has 0 aliphatic heterocycles. The smallest absolute Gasteiger partial charge is 0.283 e. The number of carbonyl (C=O) groups excluding carboxylic acids is 1. The van der Waals surface area contributed by atoms with Gasteiger partial charge < -0.3 is 10.2 Å². The van der Waals surface area contributed by atoms with Crippen molar-refractivity contribution in [1.29, 1.82) is 0 Å². The van der Waals surface area contributed by atoms with Crippen molar-refractivity contribution in [3.8, 4) is 0 Å². The van der Waals surface area contributed by atoms with Gasteiger partial charge in [-0.2, -0.15) is 0 Å². The highest BCUT2D eigenvalue weighted by Gasteiger charge is 2.05. The molecule has 15 heavy (non-hydrogen) atoms.